The van der Waals surface area contributed by atoms with Gasteiger partial charge in [-0.25, -0.2) is 0 Å². The third-order valence-electron chi connectivity index (χ3n) is 2.68. The van der Waals surface area contributed by atoms with Crippen LogP contribution in [0.5, 0.6) is 5.75 Å². The first-order valence-electron chi connectivity index (χ1n) is 5.83. The molecule has 0 aliphatic heterocycles. The quantitative estimate of drug-likeness (QED) is 0.700. The van der Waals surface area contributed by atoms with E-state index in [1.807, 2.05) is 0 Å². The van der Waals surface area contributed by atoms with E-state index in [1.54, 1.807) is 18.9 Å². The van der Waals surface area contributed by atoms with Crippen molar-refractivity contribution in [2.75, 3.05) is 7.11 Å². The Kier molecular flexibility index (Phi) is 4.95. The third-order valence-corrected chi connectivity index (χ3v) is 4.46. The SMILES string of the molecule is CCc1ccc(Sc2ccc(I)cc2)c(OC)c1. The van der Waals surface area contributed by atoms with Crippen LogP contribution in [0.1, 0.15) is 12.5 Å². The van der Waals surface area contributed by atoms with Crippen LogP contribution in [0.4, 0.5) is 0 Å². The average Bonchev–Trinajstić information content (AvgIpc) is 2.41. The monoisotopic (exact) mass is 370 g/mol. The summed E-state index contributed by atoms with van der Waals surface area (Å²) < 4.78 is 6.72. The molecule has 2 aromatic carbocycles. The van der Waals surface area contributed by atoms with Gasteiger partial charge in [0.15, 0.2) is 0 Å². The van der Waals surface area contributed by atoms with Crippen LogP contribution in [0.3, 0.4) is 0 Å². The maximum Gasteiger partial charge on any atom is 0.133 e. The number of halogens is 1. The zero-order valence-corrected chi connectivity index (χ0v) is 13.4. The molecule has 0 saturated heterocycles. The van der Waals surface area contributed by atoms with Crippen LogP contribution in [0.2, 0.25) is 0 Å². The largest absolute Gasteiger partial charge is 0.496 e. The van der Waals surface area contributed by atoms with Gasteiger partial charge in [0.1, 0.15) is 5.75 Å². The van der Waals surface area contributed by atoms with Crippen molar-refractivity contribution >= 4 is 34.4 Å². The van der Waals surface area contributed by atoms with E-state index >= 15 is 0 Å². The molecule has 0 radical (unpaired) electrons. The first kappa shape index (κ1) is 13.7. The fraction of sp³-hybridized carbons (Fsp3) is 0.200. The molecule has 0 fully saturated rings. The van der Waals surface area contributed by atoms with Gasteiger partial charge in [0.05, 0.1) is 12.0 Å². The number of rotatable bonds is 4. The topological polar surface area (TPSA) is 9.23 Å². The molecule has 0 aliphatic rings. The van der Waals surface area contributed by atoms with Gasteiger partial charge in [-0.1, -0.05) is 24.8 Å². The van der Waals surface area contributed by atoms with E-state index in [0.29, 0.717) is 0 Å². The Bertz CT molecular complexity index is 523. The molecule has 94 valence electrons. The number of benzene rings is 2. The smallest absolute Gasteiger partial charge is 0.133 e. The van der Waals surface area contributed by atoms with Gasteiger partial charge in [-0.05, 0) is 71.0 Å². The lowest BCUT2D eigenvalue weighted by molar-refractivity contribution is 0.404. The van der Waals surface area contributed by atoms with Gasteiger partial charge in [0.2, 0.25) is 0 Å². The van der Waals surface area contributed by atoms with Gasteiger partial charge < -0.3 is 4.74 Å². The Morgan fingerprint density at radius 1 is 1.11 bits per heavy atom. The maximum atomic E-state index is 5.46. The normalized spacial score (nSPS) is 10.4. The molecule has 1 nitrogen and oxygen atoms in total. The molecule has 0 N–H and O–H groups in total. The van der Waals surface area contributed by atoms with Crippen molar-refractivity contribution in [1.29, 1.82) is 0 Å². The predicted octanol–water partition coefficient (Wildman–Crippen LogP) is 5.01. The van der Waals surface area contributed by atoms with Gasteiger partial charge in [0.25, 0.3) is 0 Å². The second-order valence-corrected chi connectivity index (χ2v) is 6.26. The summed E-state index contributed by atoms with van der Waals surface area (Å²) in [5.41, 5.74) is 1.30. The van der Waals surface area contributed by atoms with Crippen LogP contribution < -0.4 is 4.74 Å². The lowest BCUT2D eigenvalue weighted by atomic mass is 10.2. The second kappa shape index (κ2) is 6.48. The minimum absolute atomic E-state index is 0.956. The molecule has 0 aromatic heterocycles. The molecule has 0 amide bonds. The van der Waals surface area contributed by atoms with Crippen LogP contribution >= 0.6 is 34.4 Å². The van der Waals surface area contributed by atoms with Gasteiger partial charge in [-0.15, -0.1) is 0 Å². The van der Waals surface area contributed by atoms with Crippen LogP contribution in [-0.4, -0.2) is 7.11 Å². The summed E-state index contributed by atoms with van der Waals surface area (Å²) in [6.45, 7) is 2.15. The van der Waals surface area contributed by atoms with Crippen molar-refractivity contribution in [3.8, 4) is 5.75 Å². The highest BCUT2D eigenvalue weighted by molar-refractivity contribution is 14.1. The molecule has 0 aliphatic carbocycles. The van der Waals surface area contributed by atoms with Gasteiger partial charge >= 0.3 is 0 Å². The summed E-state index contributed by atoms with van der Waals surface area (Å²) in [5, 5.41) is 0. The number of hydrogen-bond donors (Lipinski definition) is 0. The first-order chi connectivity index (χ1) is 8.72. The van der Waals surface area contributed by atoms with E-state index in [0.717, 1.165) is 17.1 Å². The Morgan fingerprint density at radius 3 is 2.44 bits per heavy atom. The van der Waals surface area contributed by atoms with Crippen molar-refractivity contribution in [2.24, 2.45) is 0 Å². The Hall–Kier alpha value is -0.680. The lowest BCUT2D eigenvalue weighted by Gasteiger charge is -2.09. The fourth-order valence-corrected chi connectivity index (χ4v) is 2.91. The number of ether oxygens (including phenoxy) is 1. The van der Waals surface area contributed by atoms with Crippen molar-refractivity contribution in [2.45, 2.75) is 23.1 Å². The standard InChI is InChI=1S/C15H15IOS/c1-3-11-4-9-15(14(10-11)17-2)18-13-7-5-12(16)6-8-13/h4-10H,3H2,1-2H3. The molecule has 2 aromatic rings. The van der Waals surface area contributed by atoms with Gasteiger partial charge in [-0.3, -0.25) is 0 Å². The molecule has 0 spiro atoms. The van der Waals surface area contributed by atoms with Crippen molar-refractivity contribution in [3.05, 3.63) is 51.6 Å². The number of aryl methyl sites for hydroxylation is 1. The summed E-state index contributed by atoms with van der Waals surface area (Å²) >= 11 is 4.06. The minimum atomic E-state index is 0.956. The van der Waals surface area contributed by atoms with Crippen molar-refractivity contribution in [1.82, 2.24) is 0 Å². The molecule has 0 unspecified atom stereocenters. The Balaban J connectivity index is 2.25. The van der Waals surface area contributed by atoms with Crippen LogP contribution in [0, 0.1) is 3.57 Å². The van der Waals surface area contributed by atoms with E-state index in [4.69, 9.17) is 4.74 Å². The molecular weight excluding hydrogens is 355 g/mol. The van der Waals surface area contributed by atoms with Crippen molar-refractivity contribution in [3.63, 3.8) is 0 Å². The summed E-state index contributed by atoms with van der Waals surface area (Å²) in [5.74, 6) is 0.956. The summed E-state index contributed by atoms with van der Waals surface area (Å²) in [6, 6.07) is 14.9. The second-order valence-electron chi connectivity index (χ2n) is 3.89. The summed E-state index contributed by atoms with van der Waals surface area (Å²) in [7, 11) is 1.73. The fourth-order valence-electron chi connectivity index (χ4n) is 1.65. The van der Waals surface area contributed by atoms with E-state index in [-0.39, 0.29) is 0 Å². The average molecular weight is 370 g/mol. The van der Waals surface area contributed by atoms with Crippen LogP contribution in [0.15, 0.2) is 52.3 Å². The molecular formula is C15H15IOS. The zero-order valence-electron chi connectivity index (χ0n) is 10.4. The lowest BCUT2D eigenvalue weighted by Crippen LogP contribution is -1.89. The third kappa shape index (κ3) is 3.42. The van der Waals surface area contributed by atoms with E-state index in [9.17, 15) is 0 Å². The summed E-state index contributed by atoms with van der Waals surface area (Å²) in [6.07, 6.45) is 1.03. The molecule has 2 rings (SSSR count). The maximum absolute atomic E-state index is 5.46. The highest BCUT2D eigenvalue weighted by atomic mass is 127. The van der Waals surface area contributed by atoms with E-state index in [2.05, 4.69) is 72.0 Å². The first-order valence-corrected chi connectivity index (χ1v) is 7.72. The zero-order chi connectivity index (χ0) is 13.0. The number of methoxy groups -OCH3 is 1. The molecule has 0 saturated carbocycles. The molecule has 3 heteroatoms. The molecule has 0 atom stereocenters. The predicted molar refractivity (Wildman–Crippen MR) is 85.7 cm³/mol. The molecule has 18 heavy (non-hydrogen) atoms. The van der Waals surface area contributed by atoms with Crippen LogP contribution in [0.25, 0.3) is 0 Å². The minimum Gasteiger partial charge on any atom is -0.496 e. The van der Waals surface area contributed by atoms with Gasteiger partial charge in [0, 0.05) is 8.47 Å². The molecule has 0 bridgehead atoms. The molecule has 0 heterocycles. The Labute approximate surface area is 126 Å². The Morgan fingerprint density at radius 2 is 1.83 bits per heavy atom. The number of hydrogen-bond acceptors (Lipinski definition) is 2. The van der Waals surface area contributed by atoms with E-state index in [1.165, 1.54) is 14.0 Å². The van der Waals surface area contributed by atoms with Gasteiger partial charge in [-0.2, -0.15) is 0 Å². The highest BCUT2D eigenvalue weighted by Gasteiger charge is 2.06. The highest BCUT2D eigenvalue weighted by Crippen LogP contribution is 2.35. The van der Waals surface area contributed by atoms with Crippen LogP contribution in [-0.2, 0) is 6.42 Å². The summed E-state index contributed by atoms with van der Waals surface area (Å²) in [4.78, 5) is 2.40. The van der Waals surface area contributed by atoms with E-state index < -0.39 is 0 Å². The van der Waals surface area contributed by atoms with Crippen molar-refractivity contribution < 1.29 is 4.74 Å².